The molecule has 1 N–H and O–H groups in total. The maximum Gasteiger partial charge on any atom is 0.227 e. The molecule has 6 heteroatoms. The first kappa shape index (κ1) is 15.8. The highest BCUT2D eigenvalue weighted by Gasteiger charge is 2.36. The van der Waals surface area contributed by atoms with Gasteiger partial charge in [-0.25, -0.2) is 0 Å². The highest BCUT2D eigenvalue weighted by Crippen LogP contribution is 2.32. The minimum absolute atomic E-state index is 0.0493. The molecule has 6 nitrogen and oxygen atoms in total. The van der Waals surface area contributed by atoms with Crippen LogP contribution in [0.5, 0.6) is 5.75 Å². The standard InChI is InChI=1S/C17H22N2O4/c1-22-15-7-3-2-6-14(15)19-11-12(9-16(19)20)17(21)18-10-13-5-4-8-23-13/h2-3,6-7,12-13H,4-5,8-11H2,1H3,(H,18,21). The van der Waals surface area contributed by atoms with Gasteiger partial charge in [-0.05, 0) is 25.0 Å². The van der Waals surface area contributed by atoms with Gasteiger partial charge in [0.05, 0.1) is 24.8 Å². The number of hydrogen-bond acceptors (Lipinski definition) is 4. The number of anilines is 1. The van der Waals surface area contributed by atoms with Crippen LogP contribution in [0.4, 0.5) is 5.69 Å². The number of nitrogens with zero attached hydrogens (tertiary/aromatic N) is 1. The van der Waals surface area contributed by atoms with Gasteiger partial charge < -0.3 is 19.7 Å². The number of carbonyl (C=O) groups excluding carboxylic acids is 2. The Balaban J connectivity index is 1.61. The van der Waals surface area contributed by atoms with Crippen molar-refractivity contribution in [2.24, 2.45) is 5.92 Å². The normalized spacial score (nSPS) is 24.0. The number of carbonyl (C=O) groups is 2. The molecule has 0 bridgehead atoms. The van der Waals surface area contributed by atoms with Crippen LogP contribution in [-0.4, -0.2) is 44.7 Å². The molecule has 23 heavy (non-hydrogen) atoms. The first-order valence-corrected chi connectivity index (χ1v) is 8.01. The first-order chi connectivity index (χ1) is 11.2. The highest BCUT2D eigenvalue weighted by molar-refractivity contribution is 6.01. The average Bonchev–Trinajstić information content (AvgIpc) is 3.22. The Kier molecular flexibility index (Phi) is 4.81. The summed E-state index contributed by atoms with van der Waals surface area (Å²) in [5.41, 5.74) is 0.717. The zero-order chi connectivity index (χ0) is 16.2. The fourth-order valence-corrected chi connectivity index (χ4v) is 3.13. The number of benzene rings is 1. The zero-order valence-electron chi connectivity index (χ0n) is 13.3. The molecule has 2 saturated heterocycles. The van der Waals surface area contributed by atoms with Gasteiger partial charge in [0.15, 0.2) is 0 Å². The second kappa shape index (κ2) is 7.00. The number of nitrogens with one attached hydrogen (secondary N) is 1. The van der Waals surface area contributed by atoms with Crippen molar-refractivity contribution in [1.29, 1.82) is 0 Å². The fourth-order valence-electron chi connectivity index (χ4n) is 3.13. The van der Waals surface area contributed by atoms with E-state index in [2.05, 4.69) is 5.32 Å². The van der Waals surface area contributed by atoms with Crippen LogP contribution in [0.2, 0.25) is 0 Å². The van der Waals surface area contributed by atoms with Gasteiger partial charge >= 0.3 is 0 Å². The van der Waals surface area contributed by atoms with Crippen molar-refractivity contribution < 1.29 is 19.1 Å². The van der Waals surface area contributed by atoms with E-state index in [4.69, 9.17) is 9.47 Å². The third kappa shape index (κ3) is 3.47. The molecule has 0 radical (unpaired) electrons. The number of ether oxygens (including phenoxy) is 2. The Morgan fingerprint density at radius 3 is 3.00 bits per heavy atom. The summed E-state index contributed by atoms with van der Waals surface area (Å²) in [5.74, 6) is 0.188. The Hall–Kier alpha value is -2.08. The van der Waals surface area contributed by atoms with Crippen LogP contribution >= 0.6 is 0 Å². The molecule has 2 amide bonds. The van der Waals surface area contributed by atoms with Crippen LogP contribution in [0, 0.1) is 5.92 Å². The Labute approximate surface area is 135 Å². The minimum atomic E-state index is -0.325. The molecular weight excluding hydrogens is 296 g/mol. The number of para-hydroxylation sites is 2. The van der Waals surface area contributed by atoms with Crippen molar-refractivity contribution in [3.8, 4) is 5.75 Å². The van der Waals surface area contributed by atoms with Crippen LogP contribution in [0.25, 0.3) is 0 Å². The lowest BCUT2D eigenvalue weighted by molar-refractivity contribution is -0.126. The predicted octanol–water partition coefficient (Wildman–Crippen LogP) is 1.34. The summed E-state index contributed by atoms with van der Waals surface area (Å²) < 4.78 is 10.8. The van der Waals surface area contributed by atoms with E-state index < -0.39 is 0 Å². The minimum Gasteiger partial charge on any atom is -0.495 e. The SMILES string of the molecule is COc1ccccc1N1CC(C(=O)NCC2CCCO2)CC1=O. The summed E-state index contributed by atoms with van der Waals surface area (Å²) in [4.78, 5) is 26.2. The molecule has 1 aromatic carbocycles. The second-order valence-corrected chi connectivity index (χ2v) is 5.96. The summed E-state index contributed by atoms with van der Waals surface area (Å²) in [6.45, 7) is 1.68. The van der Waals surface area contributed by atoms with Crippen LogP contribution in [-0.2, 0) is 14.3 Å². The molecule has 0 aliphatic carbocycles. The molecule has 2 heterocycles. The van der Waals surface area contributed by atoms with E-state index in [0.29, 0.717) is 18.8 Å². The van der Waals surface area contributed by atoms with Crippen molar-refractivity contribution in [3.05, 3.63) is 24.3 Å². The van der Waals surface area contributed by atoms with Gasteiger partial charge in [0.1, 0.15) is 5.75 Å². The smallest absolute Gasteiger partial charge is 0.227 e. The van der Waals surface area contributed by atoms with Gasteiger partial charge in [0, 0.05) is 26.1 Å². The average molecular weight is 318 g/mol. The van der Waals surface area contributed by atoms with Crippen molar-refractivity contribution in [2.75, 3.05) is 31.7 Å². The molecular formula is C17H22N2O4. The van der Waals surface area contributed by atoms with Crippen LogP contribution in [0.15, 0.2) is 24.3 Å². The quantitative estimate of drug-likeness (QED) is 0.890. The first-order valence-electron chi connectivity index (χ1n) is 8.01. The van der Waals surface area contributed by atoms with E-state index in [0.717, 1.165) is 25.1 Å². The summed E-state index contributed by atoms with van der Waals surface area (Å²) in [7, 11) is 1.57. The van der Waals surface area contributed by atoms with Crippen molar-refractivity contribution in [3.63, 3.8) is 0 Å². The van der Waals surface area contributed by atoms with Crippen LogP contribution < -0.4 is 15.0 Å². The topological polar surface area (TPSA) is 67.9 Å². The summed E-state index contributed by atoms with van der Waals surface area (Å²) in [5, 5.41) is 2.91. The van der Waals surface area contributed by atoms with Crippen molar-refractivity contribution >= 4 is 17.5 Å². The van der Waals surface area contributed by atoms with Gasteiger partial charge in [-0.15, -0.1) is 0 Å². The monoisotopic (exact) mass is 318 g/mol. The second-order valence-electron chi connectivity index (χ2n) is 5.96. The number of methoxy groups -OCH3 is 1. The zero-order valence-corrected chi connectivity index (χ0v) is 13.3. The Morgan fingerprint density at radius 1 is 1.43 bits per heavy atom. The maximum absolute atomic E-state index is 12.3. The van der Waals surface area contributed by atoms with Crippen LogP contribution in [0.3, 0.4) is 0 Å². The van der Waals surface area contributed by atoms with E-state index in [1.165, 1.54) is 0 Å². The van der Waals surface area contributed by atoms with E-state index in [1.54, 1.807) is 12.0 Å². The molecule has 2 atom stereocenters. The molecule has 3 rings (SSSR count). The number of rotatable bonds is 5. The molecule has 2 aliphatic rings. The van der Waals surface area contributed by atoms with Gasteiger partial charge in [0.2, 0.25) is 11.8 Å². The van der Waals surface area contributed by atoms with E-state index in [-0.39, 0.29) is 30.3 Å². The van der Waals surface area contributed by atoms with E-state index in [9.17, 15) is 9.59 Å². The van der Waals surface area contributed by atoms with Crippen molar-refractivity contribution in [2.45, 2.75) is 25.4 Å². The Bertz CT molecular complexity index is 584. The highest BCUT2D eigenvalue weighted by atomic mass is 16.5. The third-order valence-electron chi connectivity index (χ3n) is 4.40. The predicted molar refractivity (Wildman–Crippen MR) is 85.4 cm³/mol. The molecule has 0 spiro atoms. The third-order valence-corrected chi connectivity index (χ3v) is 4.40. The summed E-state index contributed by atoms with van der Waals surface area (Å²) in [6.07, 6.45) is 2.37. The molecule has 2 fully saturated rings. The largest absolute Gasteiger partial charge is 0.495 e. The molecule has 124 valence electrons. The fraction of sp³-hybridized carbons (Fsp3) is 0.529. The van der Waals surface area contributed by atoms with Gasteiger partial charge in [-0.2, -0.15) is 0 Å². The van der Waals surface area contributed by atoms with Crippen molar-refractivity contribution in [1.82, 2.24) is 5.32 Å². The molecule has 0 aromatic heterocycles. The maximum atomic E-state index is 12.3. The molecule has 2 aliphatic heterocycles. The lowest BCUT2D eigenvalue weighted by Gasteiger charge is -2.19. The van der Waals surface area contributed by atoms with Gasteiger partial charge in [-0.3, -0.25) is 9.59 Å². The lowest BCUT2D eigenvalue weighted by Crippen LogP contribution is -2.37. The van der Waals surface area contributed by atoms with E-state index >= 15 is 0 Å². The summed E-state index contributed by atoms with van der Waals surface area (Å²) in [6, 6.07) is 7.36. The van der Waals surface area contributed by atoms with Crippen LogP contribution in [0.1, 0.15) is 19.3 Å². The number of amides is 2. The summed E-state index contributed by atoms with van der Waals surface area (Å²) >= 11 is 0. The lowest BCUT2D eigenvalue weighted by atomic mass is 10.1. The molecule has 1 aromatic rings. The van der Waals surface area contributed by atoms with Gasteiger partial charge in [0.25, 0.3) is 0 Å². The molecule has 0 saturated carbocycles. The Morgan fingerprint density at radius 2 is 2.26 bits per heavy atom. The van der Waals surface area contributed by atoms with E-state index in [1.807, 2.05) is 24.3 Å². The number of hydrogen-bond donors (Lipinski definition) is 1. The molecule has 2 unspecified atom stereocenters. The van der Waals surface area contributed by atoms with Gasteiger partial charge in [-0.1, -0.05) is 12.1 Å².